The lowest BCUT2D eigenvalue weighted by Crippen LogP contribution is -2.45. The summed E-state index contributed by atoms with van der Waals surface area (Å²) in [6.45, 7) is 6.52. The third-order valence-corrected chi connectivity index (χ3v) is 4.06. The monoisotopic (exact) mass is 456 g/mol. The number of para-hydroxylation sites is 1. The lowest BCUT2D eigenvalue weighted by atomic mass is 10.2. The molecule has 0 aliphatic rings. The minimum Gasteiger partial charge on any atom is -0.370 e. The van der Waals surface area contributed by atoms with Crippen molar-refractivity contribution >= 4 is 35.6 Å². The van der Waals surface area contributed by atoms with Gasteiger partial charge >= 0.3 is 0 Å². The van der Waals surface area contributed by atoms with Crippen LogP contribution >= 0.6 is 24.0 Å². The van der Waals surface area contributed by atoms with E-state index in [-0.39, 0.29) is 24.0 Å². The maximum atomic E-state index is 4.64. The van der Waals surface area contributed by atoms with Crippen LogP contribution in [0.15, 0.2) is 47.6 Å². The molecule has 0 fully saturated rings. The number of hydrogen-bond donors (Lipinski definition) is 2. The molecule has 2 aromatic rings. The molecule has 0 amide bonds. The first kappa shape index (κ1) is 21.3. The summed E-state index contributed by atoms with van der Waals surface area (Å²) in [4.78, 5) is 6.90. The molecule has 0 spiro atoms. The number of benzene rings is 1. The lowest BCUT2D eigenvalue weighted by molar-refractivity contribution is 0.647. The number of nitrogens with zero attached hydrogens (tertiary/aromatic N) is 4. The molecule has 1 atom stereocenters. The van der Waals surface area contributed by atoms with Crippen molar-refractivity contribution in [1.29, 1.82) is 0 Å². The molecule has 1 unspecified atom stereocenters. The second-order valence-electron chi connectivity index (χ2n) is 5.82. The van der Waals surface area contributed by atoms with Crippen LogP contribution in [0.25, 0.3) is 0 Å². The van der Waals surface area contributed by atoms with Gasteiger partial charge in [0.15, 0.2) is 5.96 Å². The predicted octanol–water partition coefficient (Wildman–Crippen LogP) is 2.62. The van der Waals surface area contributed by atoms with Crippen molar-refractivity contribution in [2.45, 2.75) is 26.4 Å². The largest absolute Gasteiger partial charge is 0.370 e. The van der Waals surface area contributed by atoms with E-state index in [0.29, 0.717) is 12.6 Å². The van der Waals surface area contributed by atoms with E-state index in [1.54, 1.807) is 6.20 Å². The number of rotatable bonds is 7. The first-order valence-electron chi connectivity index (χ1n) is 8.38. The van der Waals surface area contributed by atoms with Gasteiger partial charge in [-0.1, -0.05) is 18.2 Å². The molecule has 0 aliphatic heterocycles. The van der Waals surface area contributed by atoms with Gasteiger partial charge in [-0.25, -0.2) is 4.99 Å². The number of aryl methyl sites for hydroxylation is 1. The second kappa shape index (κ2) is 11.0. The van der Waals surface area contributed by atoms with Crippen molar-refractivity contribution < 1.29 is 0 Å². The normalized spacial score (nSPS) is 12.2. The van der Waals surface area contributed by atoms with Crippen LogP contribution in [0.1, 0.15) is 19.5 Å². The van der Waals surface area contributed by atoms with Gasteiger partial charge in [0.05, 0.1) is 12.2 Å². The minimum atomic E-state index is 0. The summed E-state index contributed by atoms with van der Waals surface area (Å²) in [5, 5.41) is 10.9. The SMILES string of the molecule is CCNC(=NCc1ccnn1C)NCC(C)N(C)c1ccccc1.I. The highest BCUT2D eigenvalue weighted by Gasteiger charge is 2.10. The average Bonchev–Trinajstić information content (AvgIpc) is 3.02. The van der Waals surface area contributed by atoms with Crippen LogP contribution in [0.5, 0.6) is 0 Å². The van der Waals surface area contributed by atoms with E-state index in [0.717, 1.165) is 24.7 Å². The topological polar surface area (TPSA) is 57.5 Å². The Bertz CT molecular complexity index is 640. The summed E-state index contributed by atoms with van der Waals surface area (Å²) in [5.74, 6) is 0.826. The van der Waals surface area contributed by atoms with E-state index in [1.165, 1.54) is 5.69 Å². The Morgan fingerprint density at radius 3 is 2.56 bits per heavy atom. The highest BCUT2D eigenvalue weighted by atomic mass is 127. The third kappa shape index (κ3) is 6.56. The summed E-state index contributed by atoms with van der Waals surface area (Å²) >= 11 is 0. The molecule has 0 aliphatic carbocycles. The first-order chi connectivity index (χ1) is 11.6. The Hall–Kier alpha value is -1.77. The molecule has 1 heterocycles. The number of halogens is 1. The molecule has 1 aromatic heterocycles. The van der Waals surface area contributed by atoms with Crippen molar-refractivity contribution in [3.63, 3.8) is 0 Å². The Morgan fingerprint density at radius 1 is 1.24 bits per heavy atom. The minimum absolute atomic E-state index is 0. The quantitative estimate of drug-likeness (QED) is 0.382. The van der Waals surface area contributed by atoms with Crippen molar-refractivity contribution in [2.24, 2.45) is 12.0 Å². The number of nitrogens with one attached hydrogen (secondary N) is 2. The number of hydrogen-bond acceptors (Lipinski definition) is 3. The van der Waals surface area contributed by atoms with Crippen molar-refractivity contribution in [3.05, 3.63) is 48.3 Å². The van der Waals surface area contributed by atoms with Crippen LogP contribution in [0.4, 0.5) is 5.69 Å². The lowest BCUT2D eigenvalue weighted by Gasteiger charge is -2.27. The van der Waals surface area contributed by atoms with Crippen LogP contribution in [0.2, 0.25) is 0 Å². The zero-order valence-electron chi connectivity index (χ0n) is 15.4. The van der Waals surface area contributed by atoms with Crippen LogP contribution in [-0.2, 0) is 13.6 Å². The summed E-state index contributed by atoms with van der Waals surface area (Å²) in [6.07, 6.45) is 1.79. The van der Waals surface area contributed by atoms with Gasteiger partial charge in [0.25, 0.3) is 0 Å². The van der Waals surface area contributed by atoms with Crippen LogP contribution < -0.4 is 15.5 Å². The van der Waals surface area contributed by atoms with Crippen molar-refractivity contribution in [1.82, 2.24) is 20.4 Å². The van der Waals surface area contributed by atoms with E-state index < -0.39 is 0 Å². The van der Waals surface area contributed by atoms with Crippen molar-refractivity contribution in [3.8, 4) is 0 Å². The molecule has 0 saturated heterocycles. The molecule has 25 heavy (non-hydrogen) atoms. The zero-order chi connectivity index (χ0) is 17.4. The number of likely N-dealkylation sites (N-methyl/N-ethyl adjacent to an activating group) is 1. The number of aromatic nitrogens is 2. The van der Waals surface area contributed by atoms with Gasteiger partial charge in [0.2, 0.25) is 0 Å². The Labute approximate surface area is 167 Å². The number of aliphatic imine (C=N–C) groups is 1. The molecule has 0 bridgehead atoms. The molecule has 7 heteroatoms. The standard InChI is InChI=1S/C18H28N6.HI/c1-5-19-18(21-14-17-11-12-22-24(17)4)20-13-15(2)23(3)16-9-7-6-8-10-16;/h6-12,15H,5,13-14H2,1-4H3,(H2,19,20,21);1H. The van der Waals surface area contributed by atoms with E-state index in [1.807, 2.05) is 23.9 Å². The summed E-state index contributed by atoms with van der Waals surface area (Å²) in [6, 6.07) is 12.7. The van der Waals surface area contributed by atoms with Gasteiger partial charge in [-0.3, -0.25) is 4.68 Å². The van der Waals surface area contributed by atoms with Gasteiger partial charge < -0.3 is 15.5 Å². The molecule has 138 valence electrons. The second-order valence-corrected chi connectivity index (χ2v) is 5.82. The van der Waals surface area contributed by atoms with Gasteiger partial charge in [0.1, 0.15) is 0 Å². The molecular formula is C18H29IN6. The summed E-state index contributed by atoms with van der Waals surface area (Å²) in [5.41, 5.74) is 2.30. The molecule has 2 N–H and O–H groups in total. The maximum Gasteiger partial charge on any atom is 0.191 e. The molecular weight excluding hydrogens is 427 g/mol. The molecule has 6 nitrogen and oxygen atoms in total. The Morgan fingerprint density at radius 2 is 1.96 bits per heavy atom. The van der Waals surface area contributed by atoms with Crippen molar-refractivity contribution in [2.75, 3.05) is 25.0 Å². The van der Waals surface area contributed by atoms with Gasteiger partial charge in [-0.15, -0.1) is 24.0 Å². The molecule has 2 rings (SSSR count). The van der Waals surface area contributed by atoms with Gasteiger partial charge in [-0.05, 0) is 32.0 Å². The third-order valence-electron chi connectivity index (χ3n) is 4.06. The smallest absolute Gasteiger partial charge is 0.191 e. The first-order valence-corrected chi connectivity index (χ1v) is 8.38. The van der Waals surface area contributed by atoms with Gasteiger partial charge in [0, 0.05) is 45.1 Å². The van der Waals surface area contributed by atoms with Gasteiger partial charge in [-0.2, -0.15) is 5.10 Å². The molecule has 0 radical (unpaired) electrons. The number of guanidine groups is 1. The van der Waals surface area contributed by atoms with E-state index in [2.05, 4.69) is 70.8 Å². The highest BCUT2D eigenvalue weighted by Crippen LogP contribution is 2.13. The molecule has 0 saturated carbocycles. The average molecular weight is 456 g/mol. The van der Waals surface area contributed by atoms with Crippen LogP contribution in [0, 0.1) is 0 Å². The van der Waals surface area contributed by atoms with E-state index in [9.17, 15) is 0 Å². The summed E-state index contributed by atoms with van der Waals surface area (Å²) in [7, 11) is 4.05. The van der Waals surface area contributed by atoms with E-state index in [4.69, 9.17) is 0 Å². The fourth-order valence-electron chi connectivity index (χ4n) is 2.36. The predicted molar refractivity (Wildman–Crippen MR) is 116 cm³/mol. The zero-order valence-corrected chi connectivity index (χ0v) is 17.8. The summed E-state index contributed by atoms with van der Waals surface area (Å²) < 4.78 is 1.85. The highest BCUT2D eigenvalue weighted by molar-refractivity contribution is 14.0. The number of anilines is 1. The fraction of sp³-hybridized carbons (Fsp3) is 0.444. The Kier molecular flexibility index (Phi) is 9.33. The fourth-order valence-corrected chi connectivity index (χ4v) is 2.36. The van der Waals surface area contributed by atoms with E-state index >= 15 is 0 Å². The maximum absolute atomic E-state index is 4.64. The van der Waals surface area contributed by atoms with Crippen LogP contribution in [0.3, 0.4) is 0 Å². The molecule has 1 aromatic carbocycles. The Balaban J connectivity index is 0.00000312. The van der Waals surface area contributed by atoms with Crippen LogP contribution in [-0.4, -0.2) is 41.9 Å².